The van der Waals surface area contributed by atoms with Gasteiger partial charge in [-0.05, 0) is 38.0 Å². The van der Waals surface area contributed by atoms with Crippen molar-refractivity contribution in [3.05, 3.63) is 18.5 Å². The van der Waals surface area contributed by atoms with E-state index >= 15 is 0 Å². The summed E-state index contributed by atoms with van der Waals surface area (Å²) in [5.74, 6) is 2.63. The highest BCUT2D eigenvalue weighted by molar-refractivity contribution is 7.99. The van der Waals surface area contributed by atoms with E-state index in [1.54, 1.807) is 0 Å². The van der Waals surface area contributed by atoms with Gasteiger partial charge in [-0.25, -0.2) is 0 Å². The standard InChI is InChI=1S/C12H21N3S/c1-11(5-8-15-7-3-6-13-15)14-12-4-2-9-16-10-12/h3,6-7,11-12,14H,2,4-5,8-10H2,1H3. The molecule has 0 aliphatic carbocycles. The van der Waals surface area contributed by atoms with Gasteiger partial charge in [-0.15, -0.1) is 0 Å². The lowest BCUT2D eigenvalue weighted by molar-refractivity contribution is 0.401. The summed E-state index contributed by atoms with van der Waals surface area (Å²) in [6.45, 7) is 3.30. The van der Waals surface area contributed by atoms with Gasteiger partial charge in [-0.3, -0.25) is 4.68 Å². The monoisotopic (exact) mass is 239 g/mol. The normalized spacial score (nSPS) is 23.2. The Balaban J connectivity index is 1.65. The highest BCUT2D eigenvalue weighted by Gasteiger charge is 2.15. The molecule has 3 nitrogen and oxygen atoms in total. The Labute approximate surface area is 102 Å². The van der Waals surface area contributed by atoms with Crippen LogP contribution in [-0.4, -0.2) is 33.4 Å². The molecule has 1 aliphatic heterocycles. The molecular formula is C12H21N3S. The van der Waals surface area contributed by atoms with E-state index in [0.717, 1.165) is 19.0 Å². The molecule has 16 heavy (non-hydrogen) atoms. The SMILES string of the molecule is CC(CCn1cccn1)NC1CCCSC1. The Bertz CT molecular complexity index is 280. The summed E-state index contributed by atoms with van der Waals surface area (Å²) in [6.07, 6.45) is 7.75. The van der Waals surface area contributed by atoms with Crippen LogP contribution in [0.1, 0.15) is 26.2 Å². The van der Waals surface area contributed by atoms with E-state index in [0.29, 0.717) is 6.04 Å². The predicted octanol–water partition coefficient (Wildman–Crippen LogP) is 2.15. The zero-order valence-electron chi connectivity index (χ0n) is 9.93. The van der Waals surface area contributed by atoms with Crippen LogP contribution in [0, 0.1) is 0 Å². The molecule has 1 aromatic heterocycles. The average Bonchev–Trinajstić information content (AvgIpc) is 2.81. The van der Waals surface area contributed by atoms with Crippen molar-refractivity contribution >= 4 is 11.8 Å². The van der Waals surface area contributed by atoms with Crippen molar-refractivity contribution in [3.63, 3.8) is 0 Å². The van der Waals surface area contributed by atoms with Crippen LogP contribution in [0.25, 0.3) is 0 Å². The number of rotatable bonds is 5. The Morgan fingerprint density at radius 2 is 2.56 bits per heavy atom. The Morgan fingerprint density at radius 1 is 1.62 bits per heavy atom. The fraction of sp³-hybridized carbons (Fsp3) is 0.750. The Hall–Kier alpha value is -0.480. The molecule has 0 aromatic carbocycles. The molecule has 90 valence electrons. The first-order chi connectivity index (χ1) is 7.84. The van der Waals surface area contributed by atoms with Gasteiger partial charge in [0.1, 0.15) is 0 Å². The first-order valence-corrected chi connectivity index (χ1v) is 7.31. The first-order valence-electron chi connectivity index (χ1n) is 6.16. The quantitative estimate of drug-likeness (QED) is 0.854. The van der Waals surface area contributed by atoms with Crippen LogP contribution < -0.4 is 5.32 Å². The third kappa shape index (κ3) is 3.83. The minimum atomic E-state index is 0.591. The van der Waals surface area contributed by atoms with E-state index in [-0.39, 0.29) is 0 Å². The summed E-state index contributed by atoms with van der Waals surface area (Å²) in [5.41, 5.74) is 0. The van der Waals surface area contributed by atoms with Crippen LogP contribution in [0.2, 0.25) is 0 Å². The fourth-order valence-corrected chi connectivity index (χ4v) is 3.20. The molecule has 2 heterocycles. The Kier molecular flexibility index (Phi) is 4.72. The zero-order chi connectivity index (χ0) is 11.2. The summed E-state index contributed by atoms with van der Waals surface area (Å²) < 4.78 is 2.01. The number of hydrogen-bond acceptors (Lipinski definition) is 3. The maximum atomic E-state index is 4.22. The molecule has 1 aromatic rings. The van der Waals surface area contributed by atoms with Gasteiger partial charge in [0.15, 0.2) is 0 Å². The van der Waals surface area contributed by atoms with Crippen LogP contribution in [-0.2, 0) is 6.54 Å². The summed E-state index contributed by atoms with van der Waals surface area (Å²) in [7, 11) is 0. The van der Waals surface area contributed by atoms with E-state index in [9.17, 15) is 0 Å². The van der Waals surface area contributed by atoms with Gasteiger partial charge in [-0.1, -0.05) is 0 Å². The fourth-order valence-electron chi connectivity index (χ4n) is 2.12. The second-order valence-corrected chi connectivity index (χ2v) is 5.69. The van der Waals surface area contributed by atoms with Crippen LogP contribution in [0.4, 0.5) is 0 Å². The zero-order valence-corrected chi connectivity index (χ0v) is 10.7. The van der Waals surface area contributed by atoms with E-state index in [2.05, 4.69) is 29.1 Å². The smallest absolute Gasteiger partial charge is 0.0489 e. The van der Waals surface area contributed by atoms with E-state index in [4.69, 9.17) is 0 Å². The van der Waals surface area contributed by atoms with Crippen molar-refractivity contribution in [1.82, 2.24) is 15.1 Å². The van der Waals surface area contributed by atoms with Gasteiger partial charge in [0, 0.05) is 36.8 Å². The molecular weight excluding hydrogens is 218 g/mol. The lowest BCUT2D eigenvalue weighted by Crippen LogP contribution is -2.40. The number of hydrogen-bond donors (Lipinski definition) is 1. The average molecular weight is 239 g/mol. The van der Waals surface area contributed by atoms with Crippen LogP contribution >= 0.6 is 11.8 Å². The third-order valence-electron chi connectivity index (χ3n) is 3.03. The molecule has 0 saturated carbocycles. The van der Waals surface area contributed by atoms with E-state index in [1.807, 2.05) is 23.1 Å². The second kappa shape index (κ2) is 6.30. The summed E-state index contributed by atoms with van der Waals surface area (Å²) in [5, 5.41) is 7.94. The maximum Gasteiger partial charge on any atom is 0.0489 e. The summed E-state index contributed by atoms with van der Waals surface area (Å²) >= 11 is 2.08. The molecule has 4 heteroatoms. The number of aryl methyl sites for hydroxylation is 1. The molecule has 2 unspecified atom stereocenters. The molecule has 0 amide bonds. The van der Waals surface area contributed by atoms with Crippen molar-refractivity contribution in [1.29, 1.82) is 0 Å². The van der Waals surface area contributed by atoms with Gasteiger partial charge in [0.2, 0.25) is 0 Å². The highest BCUT2D eigenvalue weighted by Crippen LogP contribution is 2.17. The molecule has 0 bridgehead atoms. The van der Waals surface area contributed by atoms with Crippen molar-refractivity contribution in [3.8, 4) is 0 Å². The molecule has 2 atom stereocenters. The van der Waals surface area contributed by atoms with Crippen LogP contribution in [0.15, 0.2) is 18.5 Å². The first kappa shape index (κ1) is 12.0. The maximum absolute atomic E-state index is 4.22. The van der Waals surface area contributed by atoms with E-state index in [1.165, 1.54) is 24.3 Å². The van der Waals surface area contributed by atoms with Crippen LogP contribution in [0.5, 0.6) is 0 Å². The van der Waals surface area contributed by atoms with Crippen molar-refractivity contribution in [2.45, 2.75) is 44.8 Å². The number of nitrogens with zero attached hydrogens (tertiary/aromatic N) is 2. The van der Waals surface area contributed by atoms with Gasteiger partial charge in [0.05, 0.1) is 0 Å². The lowest BCUT2D eigenvalue weighted by atomic mass is 10.1. The molecule has 1 N–H and O–H groups in total. The molecule has 0 spiro atoms. The van der Waals surface area contributed by atoms with Gasteiger partial charge in [-0.2, -0.15) is 16.9 Å². The minimum absolute atomic E-state index is 0.591. The largest absolute Gasteiger partial charge is 0.311 e. The minimum Gasteiger partial charge on any atom is -0.311 e. The molecule has 1 fully saturated rings. The number of thioether (sulfide) groups is 1. The topological polar surface area (TPSA) is 29.9 Å². The molecule has 1 aliphatic rings. The van der Waals surface area contributed by atoms with Crippen molar-refractivity contribution in [2.24, 2.45) is 0 Å². The summed E-state index contributed by atoms with van der Waals surface area (Å²) in [4.78, 5) is 0. The molecule has 2 rings (SSSR count). The van der Waals surface area contributed by atoms with Crippen LogP contribution in [0.3, 0.4) is 0 Å². The third-order valence-corrected chi connectivity index (χ3v) is 4.25. The predicted molar refractivity (Wildman–Crippen MR) is 69.8 cm³/mol. The highest BCUT2D eigenvalue weighted by atomic mass is 32.2. The van der Waals surface area contributed by atoms with Crippen molar-refractivity contribution < 1.29 is 0 Å². The number of aromatic nitrogens is 2. The van der Waals surface area contributed by atoms with Crippen molar-refractivity contribution in [2.75, 3.05) is 11.5 Å². The summed E-state index contributed by atoms with van der Waals surface area (Å²) in [6, 6.07) is 3.30. The van der Waals surface area contributed by atoms with Gasteiger partial charge in [0.25, 0.3) is 0 Å². The lowest BCUT2D eigenvalue weighted by Gasteiger charge is -2.26. The van der Waals surface area contributed by atoms with E-state index < -0.39 is 0 Å². The van der Waals surface area contributed by atoms with Gasteiger partial charge < -0.3 is 5.32 Å². The Morgan fingerprint density at radius 3 is 3.25 bits per heavy atom. The number of nitrogens with one attached hydrogen (secondary N) is 1. The van der Waals surface area contributed by atoms with Gasteiger partial charge >= 0.3 is 0 Å². The molecule has 0 radical (unpaired) electrons. The molecule has 1 saturated heterocycles. The second-order valence-electron chi connectivity index (χ2n) is 4.54.